The number of hydrogen-bond acceptors (Lipinski definition) is 2. The second-order valence-corrected chi connectivity index (χ2v) is 6.19. The molecule has 1 N–H and O–H groups in total. The van der Waals surface area contributed by atoms with Crippen LogP contribution < -0.4 is 5.32 Å². The molecule has 2 nitrogen and oxygen atoms in total. The van der Waals surface area contributed by atoms with E-state index in [1.807, 2.05) is 0 Å². The highest BCUT2D eigenvalue weighted by Crippen LogP contribution is 2.41. The Labute approximate surface area is 101 Å². The molecule has 2 heteroatoms. The first-order valence-electron chi connectivity index (χ1n) is 7.15. The summed E-state index contributed by atoms with van der Waals surface area (Å²) < 4.78 is 0. The molecule has 1 saturated carbocycles. The number of hydrogen-bond donors (Lipinski definition) is 1. The number of piperidine rings is 1. The summed E-state index contributed by atoms with van der Waals surface area (Å²) >= 11 is 0. The number of rotatable bonds is 5. The van der Waals surface area contributed by atoms with E-state index in [1.165, 1.54) is 58.3 Å². The number of likely N-dealkylation sites (tertiary alicyclic amines) is 1. The molecule has 0 bridgehead atoms. The Bertz CT molecular complexity index is 203. The van der Waals surface area contributed by atoms with Gasteiger partial charge in [0.1, 0.15) is 0 Å². The van der Waals surface area contributed by atoms with Crippen molar-refractivity contribution in [1.82, 2.24) is 10.2 Å². The average molecular weight is 224 g/mol. The van der Waals surface area contributed by atoms with E-state index in [0.717, 1.165) is 12.5 Å². The topological polar surface area (TPSA) is 15.3 Å². The minimum atomic E-state index is 0.675. The monoisotopic (exact) mass is 224 g/mol. The summed E-state index contributed by atoms with van der Waals surface area (Å²) in [4.78, 5) is 2.71. The molecule has 1 saturated heterocycles. The highest BCUT2D eigenvalue weighted by atomic mass is 15.1. The SMILES string of the molecule is CCNCC1CCN(CC2(C)CCC2)CC1. The molecular weight excluding hydrogens is 196 g/mol. The van der Waals surface area contributed by atoms with Gasteiger partial charge >= 0.3 is 0 Å². The third-order valence-corrected chi connectivity index (χ3v) is 4.56. The Balaban J connectivity index is 1.65. The largest absolute Gasteiger partial charge is 0.317 e. The van der Waals surface area contributed by atoms with Gasteiger partial charge in [0.2, 0.25) is 0 Å². The van der Waals surface area contributed by atoms with Crippen LogP contribution in [0.2, 0.25) is 0 Å². The van der Waals surface area contributed by atoms with Crippen molar-refractivity contribution in [3.63, 3.8) is 0 Å². The van der Waals surface area contributed by atoms with Gasteiger partial charge < -0.3 is 10.2 Å². The van der Waals surface area contributed by atoms with Crippen LogP contribution in [0, 0.1) is 11.3 Å². The molecule has 2 rings (SSSR count). The van der Waals surface area contributed by atoms with Gasteiger partial charge in [-0.25, -0.2) is 0 Å². The maximum atomic E-state index is 3.48. The van der Waals surface area contributed by atoms with Crippen LogP contribution in [0.15, 0.2) is 0 Å². The Morgan fingerprint density at radius 1 is 1.25 bits per heavy atom. The minimum absolute atomic E-state index is 0.675. The van der Waals surface area contributed by atoms with Gasteiger partial charge in [0, 0.05) is 6.54 Å². The van der Waals surface area contributed by atoms with Crippen LogP contribution in [0.1, 0.15) is 46.0 Å². The molecule has 0 radical (unpaired) electrons. The first kappa shape index (κ1) is 12.4. The summed E-state index contributed by atoms with van der Waals surface area (Å²) in [6.07, 6.45) is 7.20. The normalized spacial score (nSPS) is 26.6. The third kappa shape index (κ3) is 3.21. The second kappa shape index (κ2) is 5.50. The molecule has 2 fully saturated rings. The van der Waals surface area contributed by atoms with E-state index >= 15 is 0 Å². The van der Waals surface area contributed by atoms with Crippen LogP contribution in [0.3, 0.4) is 0 Å². The van der Waals surface area contributed by atoms with Gasteiger partial charge in [-0.15, -0.1) is 0 Å². The first-order chi connectivity index (χ1) is 7.72. The molecule has 0 aromatic carbocycles. The van der Waals surface area contributed by atoms with Gasteiger partial charge in [0.15, 0.2) is 0 Å². The van der Waals surface area contributed by atoms with Crippen molar-refractivity contribution in [3.05, 3.63) is 0 Å². The minimum Gasteiger partial charge on any atom is -0.317 e. The van der Waals surface area contributed by atoms with E-state index in [-0.39, 0.29) is 0 Å². The Kier molecular flexibility index (Phi) is 4.26. The second-order valence-electron chi connectivity index (χ2n) is 6.19. The lowest BCUT2D eigenvalue weighted by molar-refractivity contribution is 0.0638. The number of nitrogens with one attached hydrogen (secondary N) is 1. The van der Waals surface area contributed by atoms with Gasteiger partial charge in [0.25, 0.3) is 0 Å². The fourth-order valence-corrected chi connectivity index (χ4v) is 3.18. The fraction of sp³-hybridized carbons (Fsp3) is 1.00. The standard InChI is InChI=1S/C14H28N2/c1-3-15-11-13-5-9-16(10-6-13)12-14(2)7-4-8-14/h13,15H,3-12H2,1-2H3. The maximum absolute atomic E-state index is 3.48. The van der Waals surface area contributed by atoms with Crippen molar-refractivity contribution in [2.75, 3.05) is 32.7 Å². The maximum Gasteiger partial charge on any atom is 0.00353 e. The van der Waals surface area contributed by atoms with E-state index in [9.17, 15) is 0 Å². The molecule has 0 aromatic heterocycles. The molecule has 1 aliphatic carbocycles. The molecule has 2 aliphatic rings. The lowest BCUT2D eigenvalue weighted by atomic mass is 9.70. The highest BCUT2D eigenvalue weighted by Gasteiger charge is 2.34. The van der Waals surface area contributed by atoms with Crippen molar-refractivity contribution in [2.24, 2.45) is 11.3 Å². The van der Waals surface area contributed by atoms with E-state index < -0.39 is 0 Å². The Morgan fingerprint density at radius 2 is 1.94 bits per heavy atom. The van der Waals surface area contributed by atoms with Crippen LogP contribution in [0.5, 0.6) is 0 Å². The van der Waals surface area contributed by atoms with Crippen molar-refractivity contribution in [2.45, 2.75) is 46.0 Å². The molecule has 0 amide bonds. The van der Waals surface area contributed by atoms with Crippen molar-refractivity contribution in [3.8, 4) is 0 Å². The summed E-state index contributed by atoms with van der Waals surface area (Å²) in [7, 11) is 0. The van der Waals surface area contributed by atoms with Crippen molar-refractivity contribution >= 4 is 0 Å². The van der Waals surface area contributed by atoms with Gasteiger partial charge in [-0.05, 0) is 63.2 Å². The molecule has 1 heterocycles. The zero-order valence-electron chi connectivity index (χ0n) is 11.1. The van der Waals surface area contributed by atoms with E-state index in [4.69, 9.17) is 0 Å². The van der Waals surface area contributed by atoms with E-state index in [1.54, 1.807) is 0 Å². The smallest absolute Gasteiger partial charge is 0.00353 e. The summed E-state index contributed by atoms with van der Waals surface area (Å²) in [5.74, 6) is 0.936. The van der Waals surface area contributed by atoms with Gasteiger partial charge in [-0.1, -0.05) is 20.3 Å². The molecule has 0 aromatic rings. The van der Waals surface area contributed by atoms with Crippen LogP contribution in [0.4, 0.5) is 0 Å². The molecule has 0 spiro atoms. The number of nitrogens with zero attached hydrogens (tertiary/aromatic N) is 1. The van der Waals surface area contributed by atoms with Gasteiger partial charge in [-0.3, -0.25) is 0 Å². The Hall–Kier alpha value is -0.0800. The lowest BCUT2D eigenvalue weighted by Crippen LogP contribution is -2.44. The summed E-state index contributed by atoms with van der Waals surface area (Å²) in [6.45, 7) is 11.1. The lowest BCUT2D eigenvalue weighted by Gasteiger charge is -2.44. The average Bonchev–Trinajstić information content (AvgIpc) is 2.26. The zero-order valence-corrected chi connectivity index (χ0v) is 11.1. The van der Waals surface area contributed by atoms with Crippen LogP contribution >= 0.6 is 0 Å². The van der Waals surface area contributed by atoms with E-state index in [0.29, 0.717) is 5.41 Å². The quantitative estimate of drug-likeness (QED) is 0.772. The predicted octanol–water partition coefficient (Wildman–Crippen LogP) is 2.50. The molecule has 0 atom stereocenters. The van der Waals surface area contributed by atoms with Crippen LogP contribution in [0.25, 0.3) is 0 Å². The first-order valence-corrected chi connectivity index (χ1v) is 7.15. The highest BCUT2D eigenvalue weighted by molar-refractivity contribution is 4.87. The van der Waals surface area contributed by atoms with Crippen molar-refractivity contribution in [1.29, 1.82) is 0 Å². The predicted molar refractivity (Wildman–Crippen MR) is 69.7 cm³/mol. The van der Waals surface area contributed by atoms with Crippen LogP contribution in [-0.4, -0.2) is 37.6 Å². The molecule has 1 aliphatic heterocycles. The zero-order chi connectivity index (χ0) is 11.4. The molecule has 94 valence electrons. The summed E-state index contributed by atoms with van der Waals surface area (Å²) in [5.41, 5.74) is 0.675. The third-order valence-electron chi connectivity index (χ3n) is 4.56. The van der Waals surface area contributed by atoms with Crippen molar-refractivity contribution < 1.29 is 0 Å². The summed E-state index contributed by atoms with van der Waals surface area (Å²) in [5, 5.41) is 3.48. The van der Waals surface area contributed by atoms with Gasteiger partial charge in [0.05, 0.1) is 0 Å². The Morgan fingerprint density at radius 3 is 2.44 bits per heavy atom. The summed E-state index contributed by atoms with van der Waals surface area (Å²) in [6, 6.07) is 0. The molecule has 16 heavy (non-hydrogen) atoms. The van der Waals surface area contributed by atoms with Gasteiger partial charge in [-0.2, -0.15) is 0 Å². The van der Waals surface area contributed by atoms with Crippen LogP contribution in [-0.2, 0) is 0 Å². The molecular formula is C14H28N2. The fourth-order valence-electron chi connectivity index (χ4n) is 3.18. The van der Waals surface area contributed by atoms with E-state index in [2.05, 4.69) is 24.1 Å². The molecule has 0 unspecified atom stereocenters.